The lowest BCUT2D eigenvalue weighted by Gasteiger charge is -2.08. The molecule has 0 aliphatic heterocycles. The number of rotatable bonds is 8. The zero-order chi connectivity index (χ0) is 14.1. The van der Waals surface area contributed by atoms with Gasteiger partial charge in [0.2, 0.25) is 0 Å². The minimum absolute atomic E-state index is 0.0903. The van der Waals surface area contributed by atoms with Crippen LogP contribution in [-0.4, -0.2) is 19.8 Å². The summed E-state index contributed by atoms with van der Waals surface area (Å²) in [6, 6.07) is 6.42. The Labute approximate surface area is 114 Å². The van der Waals surface area contributed by atoms with E-state index in [9.17, 15) is 4.39 Å². The Morgan fingerprint density at radius 1 is 1.37 bits per heavy atom. The molecule has 104 valence electrons. The minimum atomic E-state index is -0.469. The third-order valence-corrected chi connectivity index (χ3v) is 2.74. The van der Waals surface area contributed by atoms with Crippen molar-refractivity contribution in [3.05, 3.63) is 35.1 Å². The maximum absolute atomic E-state index is 13.1. The van der Waals surface area contributed by atoms with E-state index in [0.29, 0.717) is 19.1 Å². The molecule has 19 heavy (non-hydrogen) atoms. The molecule has 0 unspecified atom stereocenters. The molecule has 0 aromatic heterocycles. The van der Waals surface area contributed by atoms with Crippen molar-refractivity contribution < 1.29 is 9.13 Å². The Bertz CT molecular complexity index is 427. The van der Waals surface area contributed by atoms with Crippen LogP contribution in [-0.2, 0) is 11.3 Å². The van der Waals surface area contributed by atoms with Crippen molar-refractivity contribution in [2.75, 3.05) is 19.8 Å². The van der Waals surface area contributed by atoms with Gasteiger partial charge in [-0.1, -0.05) is 19.9 Å². The van der Waals surface area contributed by atoms with E-state index in [-0.39, 0.29) is 5.56 Å². The Balaban J connectivity index is 2.18. The highest BCUT2D eigenvalue weighted by Gasteiger charge is 2.02. The van der Waals surface area contributed by atoms with Crippen molar-refractivity contribution in [1.29, 1.82) is 5.26 Å². The summed E-state index contributed by atoms with van der Waals surface area (Å²) in [6.07, 6.45) is 1.07. The molecule has 0 bridgehead atoms. The Kier molecular flexibility index (Phi) is 7.09. The molecule has 1 N–H and O–H groups in total. The summed E-state index contributed by atoms with van der Waals surface area (Å²) < 4.78 is 18.6. The minimum Gasteiger partial charge on any atom is -0.380 e. The molecule has 0 aliphatic carbocycles. The highest BCUT2D eigenvalue weighted by molar-refractivity contribution is 5.34. The second kappa shape index (κ2) is 8.63. The van der Waals surface area contributed by atoms with Crippen LogP contribution in [0.2, 0.25) is 0 Å². The lowest BCUT2D eigenvalue weighted by molar-refractivity contribution is 0.125. The zero-order valence-corrected chi connectivity index (χ0v) is 11.6. The fourth-order valence-electron chi connectivity index (χ4n) is 1.57. The van der Waals surface area contributed by atoms with Gasteiger partial charge < -0.3 is 10.1 Å². The first-order chi connectivity index (χ1) is 9.13. The lowest BCUT2D eigenvalue weighted by atomic mass is 10.1. The molecule has 0 atom stereocenters. The summed E-state index contributed by atoms with van der Waals surface area (Å²) >= 11 is 0. The van der Waals surface area contributed by atoms with Crippen molar-refractivity contribution in [2.45, 2.75) is 26.8 Å². The molecule has 0 saturated carbocycles. The lowest BCUT2D eigenvalue weighted by Crippen LogP contribution is -2.19. The Morgan fingerprint density at radius 2 is 2.16 bits per heavy atom. The largest absolute Gasteiger partial charge is 0.380 e. The van der Waals surface area contributed by atoms with Crippen LogP contribution in [0.15, 0.2) is 18.2 Å². The van der Waals surface area contributed by atoms with Gasteiger partial charge in [0.15, 0.2) is 0 Å². The molecule has 0 spiro atoms. The van der Waals surface area contributed by atoms with Crippen molar-refractivity contribution in [3.63, 3.8) is 0 Å². The maximum atomic E-state index is 13.1. The summed E-state index contributed by atoms with van der Waals surface area (Å²) in [5.41, 5.74) is 0.993. The van der Waals surface area contributed by atoms with E-state index in [4.69, 9.17) is 10.00 Å². The van der Waals surface area contributed by atoms with E-state index < -0.39 is 5.82 Å². The fraction of sp³-hybridized carbons (Fsp3) is 0.533. The van der Waals surface area contributed by atoms with Crippen LogP contribution < -0.4 is 5.32 Å². The predicted molar refractivity (Wildman–Crippen MR) is 73.1 cm³/mol. The van der Waals surface area contributed by atoms with Gasteiger partial charge in [-0.3, -0.25) is 0 Å². The van der Waals surface area contributed by atoms with Gasteiger partial charge in [0.05, 0.1) is 12.2 Å². The average molecular weight is 264 g/mol. The number of halogens is 1. The van der Waals surface area contributed by atoms with Crippen LogP contribution in [0.4, 0.5) is 4.39 Å². The topological polar surface area (TPSA) is 45.0 Å². The van der Waals surface area contributed by atoms with Crippen LogP contribution >= 0.6 is 0 Å². The number of hydrogen-bond donors (Lipinski definition) is 1. The molecular formula is C15H21FN2O. The normalized spacial score (nSPS) is 10.7. The van der Waals surface area contributed by atoms with Crippen molar-refractivity contribution in [3.8, 4) is 6.07 Å². The standard InChI is InChI=1S/C15H21FN2O/c1-12(2)5-7-19-8-6-18-11-13-3-4-15(16)14(9-13)10-17/h3-4,9,12,18H,5-8,11H2,1-2H3. The molecular weight excluding hydrogens is 243 g/mol. The summed E-state index contributed by atoms with van der Waals surface area (Å²) in [7, 11) is 0. The number of nitriles is 1. The Morgan fingerprint density at radius 3 is 2.84 bits per heavy atom. The highest BCUT2D eigenvalue weighted by atomic mass is 19.1. The maximum Gasteiger partial charge on any atom is 0.140 e. The molecule has 0 heterocycles. The van der Waals surface area contributed by atoms with Crippen molar-refractivity contribution in [2.24, 2.45) is 5.92 Å². The smallest absolute Gasteiger partial charge is 0.140 e. The summed E-state index contributed by atoms with van der Waals surface area (Å²) in [6.45, 7) is 7.15. The molecule has 0 radical (unpaired) electrons. The SMILES string of the molecule is CC(C)CCOCCNCc1ccc(F)c(C#N)c1. The van der Waals surface area contributed by atoms with E-state index in [1.165, 1.54) is 6.07 Å². The second-order valence-corrected chi connectivity index (χ2v) is 4.90. The van der Waals surface area contributed by atoms with Crippen LogP contribution in [0.1, 0.15) is 31.4 Å². The molecule has 0 fully saturated rings. The van der Waals surface area contributed by atoms with Crippen molar-refractivity contribution in [1.82, 2.24) is 5.32 Å². The van der Waals surface area contributed by atoms with Gasteiger partial charge >= 0.3 is 0 Å². The number of nitrogens with one attached hydrogen (secondary N) is 1. The molecule has 0 amide bonds. The molecule has 3 nitrogen and oxygen atoms in total. The van der Waals surface area contributed by atoms with E-state index in [1.807, 2.05) is 6.07 Å². The summed E-state index contributed by atoms with van der Waals surface area (Å²) in [5, 5.41) is 11.9. The number of benzene rings is 1. The second-order valence-electron chi connectivity index (χ2n) is 4.90. The first-order valence-electron chi connectivity index (χ1n) is 6.60. The van der Waals surface area contributed by atoms with Gasteiger partial charge in [-0.25, -0.2) is 4.39 Å². The molecule has 1 rings (SSSR count). The predicted octanol–water partition coefficient (Wildman–Crippen LogP) is 2.85. The molecule has 1 aromatic rings. The molecule has 4 heteroatoms. The molecule has 1 aromatic carbocycles. The van der Waals surface area contributed by atoms with Crippen LogP contribution in [0.3, 0.4) is 0 Å². The summed E-state index contributed by atoms with van der Waals surface area (Å²) in [5.74, 6) is 0.194. The van der Waals surface area contributed by atoms with Gasteiger partial charge in [0.1, 0.15) is 11.9 Å². The first-order valence-corrected chi connectivity index (χ1v) is 6.60. The molecule has 0 saturated heterocycles. The van der Waals surface area contributed by atoms with Gasteiger partial charge in [-0.2, -0.15) is 5.26 Å². The van der Waals surface area contributed by atoms with Gasteiger partial charge in [-0.15, -0.1) is 0 Å². The van der Waals surface area contributed by atoms with Crippen LogP contribution in [0, 0.1) is 23.1 Å². The first kappa shape index (κ1) is 15.6. The quantitative estimate of drug-likeness (QED) is 0.734. The van der Waals surface area contributed by atoms with Gasteiger partial charge in [0, 0.05) is 19.7 Å². The number of ether oxygens (including phenoxy) is 1. The fourth-order valence-corrected chi connectivity index (χ4v) is 1.57. The number of hydrogen-bond acceptors (Lipinski definition) is 3. The third-order valence-electron chi connectivity index (χ3n) is 2.74. The van der Waals surface area contributed by atoms with Crippen LogP contribution in [0.25, 0.3) is 0 Å². The van der Waals surface area contributed by atoms with E-state index in [2.05, 4.69) is 19.2 Å². The van der Waals surface area contributed by atoms with Crippen molar-refractivity contribution >= 4 is 0 Å². The zero-order valence-electron chi connectivity index (χ0n) is 11.6. The van der Waals surface area contributed by atoms with E-state index in [0.717, 1.165) is 25.1 Å². The molecule has 0 aliphatic rings. The monoisotopic (exact) mass is 264 g/mol. The average Bonchev–Trinajstić information content (AvgIpc) is 2.39. The Hall–Kier alpha value is -1.44. The number of nitrogens with zero attached hydrogens (tertiary/aromatic N) is 1. The van der Waals surface area contributed by atoms with Gasteiger partial charge in [0.25, 0.3) is 0 Å². The third kappa shape index (κ3) is 6.32. The van der Waals surface area contributed by atoms with E-state index in [1.54, 1.807) is 12.1 Å². The van der Waals surface area contributed by atoms with Crippen LogP contribution in [0.5, 0.6) is 0 Å². The summed E-state index contributed by atoms with van der Waals surface area (Å²) in [4.78, 5) is 0. The van der Waals surface area contributed by atoms with E-state index >= 15 is 0 Å². The highest BCUT2D eigenvalue weighted by Crippen LogP contribution is 2.09. The van der Waals surface area contributed by atoms with Gasteiger partial charge in [-0.05, 0) is 30.0 Å².